The van der Waals surface area contributed by atoms with Crippen LogP contribution in [0.1, 0.15) is 21.5 Å². The van der Waals surface area contributed by atoms with Crippen molar-refractivity contribution in [3.05, 3.63) is 69.3 Å². The Morgan fingerprint density at radius 2 is 1.71 bits per heavy atom. The highest BCUT2D eigenvalue weighted by molar-refractivity contribution is 5.96. The van der Waals surface area contributed by atoms with Crippen molar-refractivity contribution >= 4 is 17.3 Å². The molecule has 24 heavy (non-hydrogen) atoms. The third kappa shape index (κ3) is 3.71. The SMILES string of the molecule is Cc1c(C(=O)N(C)Cc2ccc(N(C)C)cc2)cccc1[N+](=O)[O-]. The first-order chi connectivity index (χ1) is 11.3. The normalized spacial score (nSPS) is 10.3. The van der Waals surface area contributed by atoms with Crippen LogP contribution in [-0.2, 0) is 6.54 Å². The minimum atomic E-state index is -0.466. The monoisotopic (exact) mass is 327 g/mol. The zero-order valence-corrected chi connectivity index (χ0v) is 14.3. The molecule has 6 heteroatoms. The molecule has 0 unspecified atom stereocenters. The molecule has 0 aliphatic carbocycles. The standard InChI is InChI=1S/C18H21N3O3/c1-13-16(6-5-7-17(13)21(23)24)18(22)20(4)12-14-8-10-15(11-9-14)19(2)3/h5-11H,12H2,1-4H3. The van der Waals surface area contributed by atoms with Crippen LogP contribution in [0, 0.1) is 17.0 Å². The fraction of sp³-hybridized carbons (Fsp3) is 0.278. The van der Waals surface area contributed by atoms with E-state index in [9.17, 15) is 14.9 Å². The first-order valence-corrected chi connectivity index (χ1v) is 7.57. The maximum Gasteiger partial charge on any atom is 0.273 e. The summed E-state index contributed by atoms with van der Waals surface area (Å²) in [6.45, 7) is 2.04. The summed E-state index contributed by atoms with van der Waals surface area (Å²) in [6, 6.07) is 12.5. The maximum absolute atomic E-state index is 12.6. The van der Waals surface area contributed by atoms with Gasteiger partial charge in [0, 0.05) is 50.6 Å². The van der Waals surface area contributed by atoms with Gasteiger partial charge in [-0.2, -0.15) is 0 Å². The van der Waals surface area contributed by atoms with Crippen LogP contribution in [0.5, 0.6) is 0 Å². The van der Waals surface area contributed by atoms with Gasteiger partial charge in [-0.05, 0) is 30.7 Å². The van der Waals surface area contributed by atoms with Gasteiger partial charge in [0.15, 0.2) is 0 Å². The van der Waals surface area contributed by atoms with Crippen LogP contribution in [0.15, 0.2) is 42.5 Å². The van der Waals surface area contributed by atoms with E-state index in [2.05, 4.69) is 0 Å². The Kier molecular flexibility index (Phi) is 5.18. The topological polar surface area (TPSA) is 66.7 Å². The quantitative estimate of drug-likeness (QED) is 0.624. The molecule has 0 heterocycles. The summed E-state index contributed by atoms with van der Waals surface area (Å²) < 4.78 is 0. The van der Waals surface area contributed by atoms with Gasteiger partial charge >= 0.3 is 0 Å². The van der Waals surface area contributed by atoms with Gasteiger partial charge in [0.05, 0.1) is 4.92 Å². The summed E-state index contributed by atoms with van der Waals surface area (Å²) in [5.74, 6) is -0.229. The van der Waals surface area contributed by atoms with Crippen molar-refractivity contribution in [3.63, 3.8) is 0 Å². The van der Waals surface area contributed by atoms with E-state index in [4.69, 9.17) is 0 Å². The highest BCUT2D eigenvalue weighted by Crippen LogP contribution is 2.22. The number of hydrogen-bond donors (Lipinski definition) is 0. The van der Waals surface area contributed by atoms with Gasteiger partial charge in [-0.3, -0.25) is 14.9 Å². The van der Waals surface area contributed by atoms with Gasteiger partial charge < -0.3 is 9.80 Å². The van der Waals surface area contributed by atoms with Gasteiger partial charge in [0.25, 0.3) is 11.6 Å². The first kappa shape index (κ1) is 17.5. The lowest BCUT2D eigenvalue weighted by molar-refractivity contribution is -0.385. The van der Waals surface area contributed by atoms with Crippen molar-refractivity contribution in [3.8, 4) is 0 Å². The molecule has 0 aliphatic rings. The van der Waals surface area contributed by atoms with Crippen LogP contribution >= 0.6 is 0 Å². The Bertz CT molecular complexity index is 755. The molecule has 1 amide bonds. The van der Waals surface area contributed by atoms with E-state index >= 15 is 0 Å². The smallest absolute Gasteiger partial charge is 0.273 e. The van der Waals surface area contributed by atoms with E-state index in [1.807, 2.05) is 43.3 Å². The third-order valence-electron chi connectivity index (χ3n) is 3.95. The number of hydrogen-bond acceptors (Lipinski definition) is 4. The van der Waals surface area contributed by atoms with Crippen molar-refractivity contribution in [2.45, 2.75) is 13.5 Å². The summed E-state index contributed by atoms with van der Waals surface area (Å²) in [4.78, 5) is 26.7. The van der Waals surface area contributed by atoms with E-state index in [1.165, 1.54) is 12.1 Å². The van der Waals surface area contributed by atoms with E-state index in [1.54, 1.807) is 24.9 Å². The Balaban J connectivity index is 2.18. The predicted octanol–water partition coefficient (Wildman–Crippen LogP) is 3.24. The van der Waals surface area contributed by atoms with Gasteiger partial charge in [0.2, 0.25) is 0 Å². The molecule has 0 radical (unpaired) electrons. The zero-order valence-electron chi connectivity index (χ0n) is 14.3. The minimum absolute atomic E-state index is 0.0374. The molecule has 0 saturated carbocycles. The third-order valence-corrected chi connectivity index (χ3v) is 3.95. The molecule has 126 valence electrons. The van der Waals surface area contributed by atoms with Crippen molar-refractivity contribution in [1.29, 1.82) is 0 Å². The highest BCUT2D eigenvalue weighted by Gasteiger charge is 2.20. The number of amides is 1. The molecule has 0 fully saturated rings. The fourth-order valence-corrected chi connectivity index (χ4v) is 2.50. The van der Waals surface area contributed by atoms with E-state index < -0.39 is 4.92 Å². The summed E-state index contributed by atoms with van der Waals surface area (Å²) in [5, 5.41) is 11.0. The van der Waals surface area contributed by atoms with Crippen molar-refractivity contribution in [2.24, 2.45) is 0 Å². The lowest BCUT2D eigenvalue weighted by Gasteiger charge is -2.19. The summed E-state index contributed by atoms with van der Waals surface area (Å²) in [7, 11) is 5.63. The molecular weight excluding hydrogens is 306 g/mol. The fourth-order valence-electron chi connectivity index (χ4n) is 2.50. The Morgan fingerprint density at radius 1 is 1.08 bits per heavy atom. The number of nitro groups is 1. The van der Waals surface area contributed by atoms with Gasteiger partial charge in [0.1, 0.15) is 0 Å². The molecule has 2 rings (SSSR count). The summed E-state index contributed by atoms with van der Waals surface area (Å²) in [6.07, 6.45) is 0. The number of anilines is 1. The van der Waals surface area contributed by atoms with Gasteiger partial charge in [-0.15, -0.1) is 0 Å². The number of rotatable bonds is 5. The maximum atomic E-state index is 12.6. The molecule has 0 saturated heterocycles. The Labute approximate surface area is 141 Å². The van der Waals surface area contributed by atoms with Crippen LogP contribution < -0.4 is 4.90 Å². The van der Waals surface area contributed by atoms with Crippen LogP contribution in [0.3, 0.4) is 0 Å². The van der Waals surface area contributed by atoms with Gasteiger partial charge in [-0.1, -0.05) is 18.2 Å². The zero-order chi connectivity index (χ0) is 17.9. The number of benzene rings is 2. The second kappa shape index (κ2) is 7.12. The van der Waals surface area contributed by atoms with Gasteiger partial charge in [-0.25, -0.2) is 0 Å². The number of carbonyl (C=O) groups is 1. The molecule has 2 aromatic carbocycles. The number of carbonyl (C=O) groups excluding carboxylic acids is 1. The second-order valence-corrected chi connectivity index (χ2v) is 5.93. The highest BCUT2D eigenvalue weighted by atomic mass is 16.6. The van der Waals surface area contributed by atoms with E-state index in [0.29, 0.717) is 17.7 Å². The molecular formula is C18H21N3O3. The molecule has 6 nitrogen and oxygen atoms in total. The summed E-state index contributed by atoms with van der Waals surface area (Å²) in [5.41, 5.74) is 2.80. The summed E-state index contributed by atoms with van der Waals surface area (Å²) >= 11 is 0. The minimum Gasteiger partial charge on any atom is -0.378 e. The van der Waals surface area contributed by atoms with Crippen LogP contribution in [0.25, 0.3) is 0 Å². The Morgan fingerprint density at radius 3 is 2.25 bits per heavy atom. The molecule has 2 aromatic rings. The second-order valence-electron chi connectivity index (χ2n) is 5.93. The predicted molar refractivity (Wildman–Crippen MR) is 94.4 cm³/mol. The molecule has 0 spiro atoms. The van der Waals surface area contributed by atoms with Crippen molar-refractivity contribution < 1.29 is 9.72 Å². The van der Waals surface area contributed by atoms with Crippen LogP contribution in [0.4, 0.5) is 11.4 Å². The largest absolute Gasteiger partial charge is 0.378 e. The molecule has 0 bridgehead atoms. The average molecular weight is 327 g/mol. The lowest BCUT2D eigenvalue weighted by atomic mass is 10.1. The molecule has 0 aromatic heterocycles. The van der Waals surface area contributed by atoms with E-state index in [0.717, 1.165) is 11.3 Å². The average Bonchev–Trinajstić information content (AvgIpc) is 2.54. The molecule has 0 aliphatic heterocycles. The van der Waals surface area contributed by atoms with Crippen LogP contribution in [-0.4, -0.2) is 36.9 Å². The van der Waals surface area contributed by atoms with Crippen LogP contribution in [0.2, 0.25) is 0 Å². The van der Waals surface area contributed by atoms with Crippen molar-refractivity contribution in [2.75, 3.05) is 26.0 Å². The number of nitrogens with zero attached hydrogens (tertiary/aromatic N) is 3. The molecule has 0 atom stereocenters. The number of nitro benzene ring substituents is 1. The first-order valence-electron chi connectivity index (χ1n) is 7.57. The Hall–Kier alpha value is -2.89. The van der Waals surface area contributed by atoms with Crippen molar-refractivity contribution in [1.82, 2.24) is 4.90 Å². The lowest BCUT2D eigenvalue weighted by Crippen LogP contribution is -2.27. The molecule has 0 N–H and O–H groups in total. The van der Waals surface area contributed by atoms with E-state index in [-0.39, 0.29) is 11.6 Å².